The van der Waals surface area contributed by atoms with Crippen LogP contribution in [0.2, 0.25) is 0 Å². The van der Waals surface area contributed by atoms with Crippen molar-refractivity contribution in [2.75, 3.05) is 28.3 Å². The highest BCUT2D eigenvalue weighted by molar-refractivity contribution is 5.73. The SMILES string of the molecule is CCC1OC(=O)[C@H](C)C(O[C@H]2C[C@@](C)(OC)[C@@H](O)[C@H](C)O2)[C@H](C)[C@@H](O[C@@H]2O[C@H](C)C[C@H](N(C)C)[C@H]2O)[C@](C)(OC)C[C@@H](C)[C@H](O)[C@H](C)[C@@H](O)[C@]1(C)O. The molecule has 306 valence electrons. The van der Waals surface area contributed by atoms with Crippen molar-refractivity contribution in [1.82, 2.24) is 4.90 Å². The highest BCUT2D eigenvalue weighted by Crippen LogP contribution is 2.42. The molecular formula is C38H71NO13. The third-order valence-corrected chi connectivity index (χ3v) is 12.5. The van der Waals surface area contributed by atoms with E-state index in [1.807, 2.05) is 46.7 Å². The van der Waals surface area contributed by atoms with E-state index in [4.69, 9.17) is 33.2 Å². The van der Waals surface area contributed by atoms with E-state index in [2.05, 4.69) is 0 Å². The lowest BCUT2D eigenvalue weighted by Crippen LogP contribution is -2.61. The van der Waals surface area contributed by atoms with Gasteiger partial charge in [0.1, 0.15) is 23.9 Å². The van der Waals surface area contributed by atoms with Gasteiger partial charge in [-0.2, -0.15) is 0 Å². The first kappa shape index (κ1) is 45.4. The third kappa shape index (κ3) is 9.50. The molecule has 2 unspecified atom stereocenters. The summed E-state index contributed by atoms with van der Waals surface area (Å²) in [7, 11) is 6.82. The molecule has 3 saturated heterocycles. The number of rotatable bonds is 8. The number of aliphatic hydroxyl groups is 5. The number of carbonyl (C=O) groups excluding carboxylic acids is 1. The number of nitrogens with zero attached hydrogens (tertiary/aromatic N) is 1. The molecule has 0 aromatic carbocycles. The molecule has 3 rings (SSSR count). The van der Waals surface area contributed by atoms with Gasteiger partial charge in [0.05, 0.1) is 53.7 Å². The van der Waals surface area contributed by atoms with Crippen molar-refractivity contribution < 1.29 is 63.5 Å². The first-order chi connectivity index (χ1) is 24.0. The molecule has 14 nitrogen and oxygen atoms in total. The van der Waals surface area contributed by atoms with E-state index in [-0.39, 0.29) is 31.4 Å². The molecule has 3 fully saturated rings. The average molecular weight is 750 g/mol. The van der Waals surface area contributed by atoms with Gasteiger partial charge in [0.25, 0.3) is 0 Å². The Bertz CT molecular complexity index is 1140. The lowest BCUT2D eigenvalue weighted by atomic mass is 9.73. The van der Waals surface area contributed by atoms with Gasteiger partial charge in [0.15, 0.2) is 12.6 Å². The Morgan fingerprint density at radius 2 is 1.42 bits per heavy atom. The maximum Gasteiger partial charge on any atom is 0.311 e. The molecule has 14 heteroatoms. The van der Waals surface area contributed by atoms with Crippen LogP contribution in [0.3, 0.4) is 0 Å². The standard InChI is InChI=1S/C38H71NO13/c1-15-26-38(10,45)31(42)21(4)28(40)19(2)17-37(9,47-14)33(52-35-29(41)25(39(11)12)16-20(3)48-35)22(5)30(23(6)34(44)50-26)51-27-18-36(8,46-13)32(43)24(7)49-27/h19-33,35,40-43,45H,15-18H2,1-14H3/t19-,20-,21+,22+,23-,24+,25+,26?,27+,28+,29-,30?,31-,32+,33-,35+,36-,37-,38-/m1/s1. The number of hydrogen-bond donors (Lipinski definition) is 5. The lowest BCUT2D eigenvalue weighted by Gasteiger charge is -2.50. The van der Waals surface area contributed by atoms with Gasteiger partial charge in [-0.25, -0.2) is 0 Å². The molecule has 0 aliphatic carbocycles. The molecule has 19 atom stereocenters. The van der Waals surface area contributed by atoms with Crippen molar-refractivity contribution in [3.8, 4) is 0 Å². The molecule has 3 aliphatic heterocycles. The molecule has 0 aromatic heterocycles. The van der Waals surface area contributed by atoms with E-state index in [0.29, 0.717) is 6.42 Å². The highest BCUT2D eigenvalue weighted by Gasteiger charge is 2.54. The van der Waals surface area contributed by atoms with E-state index in [0.717, 1.165) is 0 Å². The Labute approximate surface area is 311 Å². The molecular weight excluding hydrogens is 678 g/mol. The number of ether oxygens (including phenoxy) is 7. The first-order valence-electron chi connectivity index (χ1n) is 19.0. The monoisotopic (exact) mass is 749 g/mol. The number of cyclic esters (lactones) is 1. The predicted molar refractivity (Wildman–Crippen MR) is 192 cm³/mol. The number of aliphatic hydroxyl groups excluding tert-OH is 4. The van der Waals surface area contributed by atoms with Crippen molar-refractivity contribution in [3.63, 3.8) is 0 Å². The smallest absolute Gasteiger partial charge is 0.311 e. The summed E-state index contributed by atoms with van der Waals surface area (Å²) in [5.74, 6) is -3.69. The zero-order valence-corrected chi connectivity index (χ0v) is 34.0. The van der Waals surface area contributed by atoms with Crippen LogP contribution in [0.15, 0.2) is 0 Å². The third-order valence-electron chi connectivity index (χ3n) is 12.5. The Kier molecular flexibility index (Phi) is 15.6. The van der Waals surface area contributed by atoms with Crippen LogP contribution in [0.5, 0.6) is 0 Å². The number of hydrogen-bond acceptors (Lipinski definition) is 14. The van der Waals surface area contributed by atoms with E-state index < -0.39 is 108 Å². The van der Waals surface area contributed by atoms with Crippen molar-refractivity contribution in [3.05, 3.63) is 0 Å². The molecule has 0 bridgehead atoms. The summed E-state index contributed by atoms with van der Waals surface area (Å²) < 4.78 is 44.0. The van der Waals surface area contributed by atoms with Crippen LogP contribution >= 0.6 is 0 Å². The molecule has 0 radical (unpaired) electrons. The zero-order chi connectivity index (χ0) is 39.7. The Morgan fingerprint density at radius 3 is 1.96 bits per heavy atom. The minimum Gasteiger partial charge on any atom is -0.459 e. The summed E-state index contributed by atoms with van der Waals surface area (Å²) in [6.07, 6.45) is -9.40. The molecule has 0 aromatic rings. The number of likely N-dealkylation sites (N-methyl/N-ethyl adjacent to an activating group) is 1. The van der Waals surface area contributed by atoms with Crippen molar-refractivity contribution in [2.24, 2.45) is 23.7 Å². The fourth-order valence-electron chi connectivity index (χ4n) is 8.76. The van der Waals surface area contributed by atoms with Crippen LogP contribution in [0.4, 0.5) is 0 Å². The average Bonchev–Trinajstić information content (AvgIpc) is 3.09. The number of carbonyl (C=O) groups is 1. The molecule has 5 N–H and O–H groups in total. The number of methoxy groups -OCH3 is 2. The Hall–Kier alpha value is -1.01. The summed E-state index contributed by atoms with van der Waals surface area (Å²) in [4.78, 5) is 16.1. The fraction of sp³-hybridized carbons (Fsp3) is 0.974. The van der Waals surface area contributed by atoms with Crippen LogP contribution in [0.1, 0.15) is 94.9 Å². The summed E-state index contributed by atoms with van der Waals surface area (Å²) >= 11 is 0. The molecule has 0 spiro atoms. The molecule has 0 amide bonds. The summed E-state index contributed by atoms with van der Waals surface area (Å²) in [5, 5.41) is 57.3. The summed E-state index contributed by atoms with van der Waals surface area (Å²) in [5.41, 5.74) is -4.11. The van der Waals surface area contributed by atoms with Gasteiger partial charge in [-0.3, -0.25) is 4.79 Å². The van der Waals surface area contributed by atoms with Gasteiger partial charge in [-0.05, 0) is 80.8 Å². The van der Waals surface area contributed by atoms with E-state index >= 15 is 0 Å². The van der Waals surface area contributed by atoms with Crippen LogP contribution in [-0.4, -0.2) is 155 Å². The first-order valence-corrected chi connectivity index (χ1v) is 19.0. The van der Waals surface area contributed by atoms with Gasteiger partial charge < -0.3 is 63.6 Å². The van der Waals surface area contributed by atoms with Crippen LogP contribution < -0.4 is 0 Å². The second kappa shape index (κ2) is 17.8. The fourth-order valence-corrected chi connectivity index (χ4v) is 8.76. The van der Waals surface area contributed by atoms with E-state index in [1.165, 1.54) is 21.1 Å². The Balaban J connectivity index is 2.22. The highest BCUT2D eigenvalue weighted by atomic mass is 16.7. The molecule has 52 heavy (non-hydrogen) atoms. The quantitative estimate of drug-likeness (QED) is 0.228. The summed E-state index contributed by atoms with van der Waals surface area (Å²) in [6, 6.07) is -0.269. The van der Waals surface area contributed by atoms with Crippen LogP contribution in [-0.2, 0) is 38.0 Å². The van der Waals surface area contributed by atoms with Gasteiger partial charge >= 0.3 is 5.97 Å². The largest absolute Gasteiger partial charge is 0.459 e. The van der Waals surface area contributed by atoms with Crippen molar-refractivity contribution in [2.45, 2.75) is 185 Å². The second-order valence-electron chi connectivity index (χ2n) is 16.9. The second-order valence-corrected chi connectivity index (χ2v) is 16.9. The number of esters is 1. The minimum absolute atomic E-state index is 0.138. The van der Waals surface area contributed by atoms with Crippen molar-refractivity contribution >= 4 is 5.97 Å². The summed E-state index contributed by atoms with van der Waals surface area (Å²) in [6.45, 7) is 17.4. The predicted octanol–water partition coefficient (Wildman–Crippen LogP) is 2.23. The topological polar surface area (TPSA) is 186 Å². The maximum absolute atomic E-state index is 14.2. The van der Waals surface area contributed by atoms with E-state index in [9.17, 15) is 30.3 Å². The van der Waals surface area contributed by atoms with Crippen LogP contribution in [0, 0.1) is 23.7 Å². The molecule has 3 heterocycles. The normalized spacial score (nSPS) is 50.4. The van der Waals surface area contributed by atoms with Crippen molar-refractivity contribution in [1.29, 1.82) is 0 Å². The van der Waals surface area contributed by atoms with Gasteiger partial charge in [0.2, 0.25) is 0 Å². The molecule has 0 saturated carbocycles. The van der Waals surface area contributed by atoms with Crippen LogP contribution in [0.25, 0.3) is 0 Å². The lowest BCUT2D eigenvalue weighted by molar-refractivity contribution is -0.320. The zero-order valence-electron chi connectivity index (χ0n) is 34.0. The minimum atomic E-state index is -1.90. The molecule has 3 aliphatic rings. The van der Waals surface area contributed by atoms with Gasteiger partial charge in [-0.15, -0.1) is 0 Å². The maximum atomic E-state index is 14.2. The van der Waals surface area contributed by atoms with Gasteiger partial charge in [0, 0.05) is 38.5 Å². The van der Waals surface area contributed by atoms with Gasteiger partial charge in [-0.1, -0.05) is 27.7 Å². The van der Waals surface area contributed by atoms with E-state index in [1.54, 1.807) is 34.6 Å². The Morgan fingerprint density at radius 1 is 0.827 bits per heavy atom.